The lowest BCUT2D eigenvalue weighted by molar-refractivity contribution is -0.199. The van der Waals surface area contributed by atoms with Gasteiger partial charge in [-0.25, -0.2) is 0 Å². The highest BCUT2D eigenvalue weighted by atomic mass is 16.7. The number of hydrogen-bond donors (Lipinski definition) is 1. The number of amides is 1. The minimum atomic E-state index is -0.674. The number of para-hydroxylation sites is 1. The molecule has 2 bridgehead atoms. The zero-order valence-electron chi connectivity index (χ0n) is 21.9. The molecule has 1 N–H and O–H groups in total. The van der Waals surface area contributed by atoms with E-state index in [-0.39, 0.29) is 29.0 Å². The van der Waals surface area contributed by atoms with Crippen LogP contribution in [-0.4, -0.2) is 47.5 Å². The van der Waals surface area contributed by atoms with Gasteiger partial charge in [-0.3, -0.25) is 9.78 Å². The Balaban J connectivity index is 1.13. The predicted octanol–water partition coefficient (Wildman–Crippen LogP) is 4.53. The molecule has 7 rings (SSSR count). The fraction of sp³-hybridized carbons (Fsp3) is 0.607. The Kier molecular flexibility index (Phi) is 5.69. The summed E-state index contributed by atoms with van der Waals surface area (Å²) in [6.45, 7) is 11.2. The molecule has 3 aliphatic carbocycles. The van der Waals surface area contributed by atoms with E-state index in [1.165, 1.54) is 6.42 Å². The van der Waals surface area contributed by atoms with Gasteiger partial charge in [-0.05, 0) is 61.5 Å². The zero-order valence-corrected chi connectivity index (χ0v) is 21.9. The molecule has 0 radical (unpaired) electrons. The predicted molar refractivity (Wildman–Crippen MR) is 139 cm³/mol. The monoisotopic (exact) mass is 489 g/mol. The molecule has 1 aromatic heterocycles. The highest BCUT2D eigenvalue weighted by molar-refractivity contribution is 6.48. The van der Waals surface area contributed by atoms with Crippen LogP contribution in [-0.2, 0) is 18.9 Å². The summed E-state index contributed by atoms with van der Waals surface area (Å²) in [5.74, 6) is 1.13. The van der Waals surface area contributed by atoms with Gasteiger partial charge in [-0.1, -0.05) is 51.0 Å². The number of fused-ring (bicyclic) bond motifs is 1. The molecule has 4 fully saturated rings. The van der Waals surface area contributed by atoms with Gasteiger partial charge in [0.1, 0.15) is 0 Å². The van der Waals surface area contributed by atoms with Crippen LogP contribution in [0.1, 0.15) is 65.9 Å². The van der Waals surface area contributed by atoms with Crippen molar-refractivity contribution in [3.63, 3.8) is 0 Å². The molecule has 6 atom stereocenters. The largest absolute Gasteiger partial charge is 0.481 e. The van der Waals surface area contributed by atoms with E-state index in [9.17, 15) is 4.79 Å². The first-order valence-corrected chi connectivity index (χ1v) is 13.4. The van der Waals surface area contributed by atoms with Gasteiger partial charge in [0.25, 0.3) is 5.91 Å². The Bertz CT molecular complexity index is 1220. The average molecular weight is 489 g/mol. The molecule has 7 nitrogen and oxygen atoms in total. The van der Waals surface area contributed by atoms with Gasteiger partial charge >= 0.3 is 7.12 Å². The summed E-state index contributed by atoms with van der Waals surface area (Å²) in [5.41, 5.74) is 2.53. The van der Waals surface area contributed by atoms with Crippen molar-refractivity contribution in [2.45, 2.75) is 84.1 Å². The van der Waals surface area contributed by atoms with Crippen molar-refractivity contribution in [2.75, 3.05) is 0 Å². The van der Waals surface area contributed by atoms with Crippen molar-refractivity contribution in [1.82, 2.24) is 10.3 Å². The van der Waals surface area contributed by atoms with Crippen molar-refractivity contribution >= 4 is 29.6 Å². The summed E-state index contributed by atoms with van der Waals surface area (Å²) < 4.78 is 13.2. The van der Waals surface area contributed by atoms with E-state index in [1.54, 1.807) is 6.20 Å². The Hall–Kier alpha value is -2.45. The summed E-state index contributed by atoms with van der Waals surface area (Å²) >= 11 is 0. The van der Waals surface area contributed by atoms with Crippen molar-refractivity contribution in [1.29, 1.82) is 0 Å². The van der Waals surface area contributed by atoms with Gasteiger partial charge < -0.3 is 19.5 Å². The van der Waals surface area contributed by atoms with Crippen LogP contribution in [0.3, 0.4) is 0 Å². The maximum atomic E-state index is 13.3. The van der Waals surface area contributed by atoms with E-state index in [4.69, 9.17) is 14.1 Å². The third-order valence-electron chi connectivity index (χ3n) is 9.24. The van der Waals surface area contributed by atoms with Gasteiger partial charge in [0.15, 0.2) is 0 Å². The first kappa shape index (κ1) is 23.9. The van der Waals surface area contributed by atoms with Crippen molar-refractivity contribution in [3.05, 3.63) is 42.1 Å². The summed E-state index contributed by atoms with van der Waals surface area (Å²) in [7, 11) is -0.451. The highest BCUT2D eigenvalue weighted by Gasteiger charge is 2.68. The third kappa shape index (κ3) is 3.84. The Labute approximate surface area is 213 Å². The van der Waals surface area contributed by atoms with Crippen LogP contribution >= 0.6 is 0 Å². The molecule has 1 amide bonds. The summed E-state index contributed by atoms with van der Waals surface area (Å²) in [4.78, 5) is 23.4. The number of benzene rings is 1. The molecule has 1 saturated heterocycles. The van der Waals surface area contributed by atoms with Gasteiger partial charge in [0.05, 0.1) is 28.9 Å². The molecule has 1 unspecified atom stereocenters. The number of nitrogens with zero attached hydrogens (tertiary/aromatic N) is 2. The summed E-state index contributed by atoms with van der Waals surface area (Å²) in [6, 6.07) is 10.00. The standard InChI is InChI=1S/C28H36BN3O4/c1-16(2)10-25(29-34-24-13-19-12-23(27(19,3)4)28(24,5)36-29)31-26(33)22-14-21(32-35-22)18-11-17-8-6-7-9-20(17)30-15-18/h6-9,11,15-16,19,22-25H,10,12-14H2,1-5H3,(H,31,33)/t19-,22?,23-,24+,25-,28-/m0/s1. The fourth-order valence-corrected chi connectivity index (χ4v) is 7.01. The van der Waals surface area contributed by atoms with Crippen LogP contribution in [0.5, 0.6) is 0 Å². The molecule has 190 valence electrons. The number of carbonyl (C=O) groups is 1. The SMILES string of the molecule is CC(C)C[C@H](NC(=O)C1CC(c2cnc3ccccc3c2)=NO1)B1O[C@@H]2C[C@@H]3C[C@@H](C3(C)C)[C@]2(C)O1. The maximum absolute atomic E-state index is 13.3. The minimum Gasteiger partial charge on any atom is -0.404 e. The van der Waals surface area contributed by atoms with Gasteiger partial charge in [-0.15, -0.1) is 0 Å². The van der Waals surface area contributed by atoms with E-state index in [0.29, 0.717) is 24.2 Å². The number of aromatic nitrogens is 1. The Morgan fingerprint density at radius 1 is 1.22 bits per heavy atom. The number of rotatable bonds is 6. The molecule has 2 aliphatic heterocycles. The lowest BCUT2D eigenvalue weighted by atomic mass is 9.43. The molecule has 2 aromatic rings. The summed E-state index contributed by atoms with van der Waals surface area (Å²) in [6.07, 6.45) is 4.62. The minimum absolute atomic E-state index is 0.0870. The molecular formula is C28H36BN3O4. The topological polar surface area (TPSA) is 82.0 Å². The Morgan fingerprint density at radius 3 is 2.81 bits per heavy atom. The van der Waals surface area contributed by atoms with Crippen molar-refractivity contribution < 1.29 is 18.9 Å². The van der Waals surface area contributed by atoms with Crippen LogP contribution in [0.4, 0.5) is 0 Å². The highest BCUT2D eigenvalue weighted by Crippen LogP contribution is 2.65. The Morgan fingerprint density at radius 2 is 2.03 bits per heavy atom. The second-order valence-electron chi connectivity index (χ2n) is 12.3. The second-order valence-corrected chi connectivity index (χ2v) is 12.3. The van der Waals surface area contributed by atoms with Gasteiger partial charge in [0.2, 0.25) is 6.10 Å². The van der Waals surface area contributed by atoms with Crippen LogP contribution < -0.4 is 5.32 Å². The molecule has 1 aromatic carbocycles. The van der Waals surface area contributed by atoms with Gasteiger partial charge in [-0.2, -0.15) is 0 Å². The molecule has 8 heteroatoms. The van der Waals surface area contributed by atoms with E-state index in [1.807, 2.05) is 30.3 Å². The maximum Gasteiger partial charge on any atom is 0.481 e. The lowest BCUT2D eigenvalue weighted by Gasteiger charge is -2.64. The van der Waals surface area contributed by atoms with Gasteiger partial charge in [0, 0.05) is 23.6 Å². The van der Waals surface area contributed by atoms with E-state index in [2.05, 4.69) is 50.1 Å². The number of carbonyl (C=O) groups excluding carboxylic acids is 1. The average Bonchev–Trinajstić information content (AvgIpc) is 3.47. The number of nitrogens with one attached hydrogen (secondary N) is 1. The number of pyridine rings is 1. The zero-order chi connectivity index (χ0) is 25.2. The second kappa shape index (κ2) is 8.56. The third-order valence-corrected chi connectivity index (χ3v) is 9.24. The first-order chi connectivity index (χ1) is 17.1. The summed E-state index contributed by atoms with van der Waals surface area (Å²) in [5, 5.41) is 8.48. The molecule has 0 spiro atoms. The van der Waals surface area contributed by atoms with Crippen LogP contribution in [0.2, 0.25) is 0 Å². The molecule has 5 aliphatic rings. The van der Waals surface area contributed by atoms with E-state index < -0.39 is 13.2 Å². The van der Waals surface area contributed by atoms with Crippen LogP contribution in [0.25, 0.3) is 10.9 Å². The molecule has 36 heavy (non-hydrogen) atoms. The van der Waals surface area contributed by atoms with E-state index in [0.717, 1.165) is 35.0 Å². The van der Waals surface area contributed by atoms with Crippen LogP contribution in [0.15, 0.2) is 41.7 Å². The number of oxime groups is 1. The normalized spacial score (nSPS) is 33.1. The van der Waals surface area contributed by atoms with Crippen LogP contribution in [0, 0.1) is 23.2 Å². The van der Waals surface area contributed by atoms with E-state index >= 15 is 0 Å². The molecule has 3 saturated carbocycles. The molecular weight excluding hydrogens is 453 g/mol. The fourth-order valence-electron chi connectivity index (χ4n) is 7.01. The quantitative estimate of drug-likeness (QED) is 0.604. The van der Waals surface area contributed by atoms with Crippen molar-refractivity contribution in [3.8, 4) is 0 Å². The first-order valence-electron chi connectivity index (χ1n) is 13.4. The number of hydrogen-bond acceptors (Lipinski definition) is 6. The lowest BCUT2D eigenvalue weighted by Crippen LogP contribution is -2.65. The van der Waals surface area contributed by atoms with Crippen molar-refractivity contribution in [2.24, 2.45) is 28.3 Å². The molecule has 3 heterocycles. The smallest absolute Gasteiger partial charge is 0.404 e.